The first-order chi connectivity index (χ1) is 23.6. The van der Waals surface area contributed by atoms with Crippen LogP contribution in [0, 0.1) is 6.92 Å². The number of aryl methyl sites for hydroxylation is 1. The Balaban J connectivity index is 1.18. The van der Waals surface area contributed by atoms with Gasteiger partial charge in [-0.15, -0.1) is 0 Å². The molecule has 0 aliphatic heterocycles. The van der Waals surface area contributed by atoms with Gasteiger partial charge in [-0.25, -0.2) is 0 Å². The van der Waals surface area contributed by atoms with Crippen molar-refractivity contribution >= 4 is 22.3 Å². The van der Waals surface area contributed by atoms with Gasteiger partial charge >= 0.3 is 0 Å². The quantitative estimate of drug-likeness (QED) is 0.124. The molecule has 0 aromatic heterocycles. The van der Waals surface area contributed by atoms with E-state index in [4.69, 9.17) is 9.47 Å². The Bertz CT molecular complexity index is 2090. The van der Waals surface area contributed by atoms with Crippen molar-refractivity contribution in [3.05, 3.63) is 172 Å². The molecule has 0 N–H and O–H groups in total. The number of hydrogen-bond acceptors (Lipinski definition) is 4. The molecular weight excluding hydrogens is 604 g/mol. The van der Waals surface area contributed by atoms with Gasteiger partial charge in [-0.1, -0.05) is 117 Å². The largest absolute Gasteiger partial charge is 0.483 e. The summed E-state index contributed by atoms with van der Waals surface area (Å²) in [6.07, 6.45) is 2.20. The van der Waals surface area contributed by atoms with Crippen molar-refractivity contribution in [2.45, 2.75) is 59.0 Å². The third kappa shape index (κ3) is 7.49. The molecule has 1 atom stereocenters. The van der Waals surface area contributed by atoms with Gasteiger partial charge in [0, 0.05) is 33.0 Å². The topological polar surface area (TPSA) is 52.6 Å². The first-order valence-electron chi connectivity index (χ1n) is 17.0. The van der Waals surface area contributed by atoms with Crippen molar-refractivity contribution in [1.82, 2.24) is 0 Å². The normalized spacial score (nSPS) is 12.0. The number of ketones is 2. The van der Waals surface area contributed by atoms with Crippen LogP contribution in [-0.2, 0) is 5.60 Å². The van der Waals surface area contributed by atoms with Crippen molar-refractivity contribution in [2.75, 3.05) is 0 Å². The van der Waals surface area contributed by atoms with Gasteiger partial charge in [-0.2, -0.15) is 0 Å². The van der Waals surface area contributed by atoms with Crippen LogP contribution in [0.15, 0.2) is 133 Å². The number of fused-ring (bicyclic) bond motifs is 1. The van der Waals surface area contributed by atoms with E-state index in [0.717, 1.165) is 40.5 Å². The maximum atomic E-state index is 13.3. The van der Waals surface area contributed by atoms with Gasteiger partial charge in [0.15, 0.2) is 11.6 Å². The highest BCUT2D eigenvalue weighted by Gasteiger charge is 2.25. The minimum Gasteiger partial charge on any atom is -0.483 e. The lowest BCUT2D eigenvalue weighted by atomic mass is 9.93. The predicted molar refractivity (Wildman–Crippen MR) is 198 cm³/mol. The van der Waals surface area contributed by atoms with Crippen molar-refractivity contribution in [2.24, 2.45) is 0 Å². The molecule has 0 saturated heterocycles. The fraction of sp³-hybridized carbons (Fsp3) is 0.200. The number of rotatable bonds is 12. The van der Waals surface area contributed by atoms with Crippen molar-refractivity contribution in [3.63, 3.8) is 0 Å². The minimum absolute atomic E-state index is 0.000768. The molecule has 6 aromatic carbocycles. The summed E-state index contributed by atoms with van der Waals surface area (Å²) >= 11 is 0. The Morgan fingerprint density at radius 2 is 1.18 bits per heavy atom. The molecule has 0 heterocycles. The van der Waals surface area contributed by atoms with E-state index >= 15 is 0 Å². The van der Waals surface area contributed by atoms with Crippen LogP contribution in [-0.4, -0.2) is 11.6 Å². The summed E-state index contributed by atoms with van der Waals surface area (Å²) in [5, 5.41) is 1.83. The first-order valence-corrected chi connectivity index (χ1v) is 17.0. The molecule has 0 radical (unpaired) electrons. The molecule has 4 heteroatoms. The second-order valence-corrected chi connectivity index (χ2v) is 13.3. The maximum absolute atomic E-state index is 13.3. The van der Waals surface area contributed by atoms with E-state index in [2.05, 4.69) is 19.9 Å². The predicted octanol–water partition coefficient (Wildman–Crippen LogP) is 11.6. The molecule has 0 fully saturated rings. The van der Waals surface area contributed by atoms with Crippen LogP contribution in [0.3, 0.4) is 0 Å². The summed E-state index contributed by atoms with van der Waals surface area (Å²) in [7, 11) is 0. The monoisotopic (exact) mass is 646 g/mol. The van der Waals surface area contributed by atoms with Gasteiger partial charge < -0.3 is 9.47 Å². The van der Waals surface area contributed by atoms with Gasteiger partial charge in [-0.05, 0) is 86.7 Å². The summed E-state index contributed by atoms with van der Waals surface area (Å²) in [5.74, 6) is 2.47. The van der Waals surface area contributed by atoms with Crippen molar-refractivity contribution in [1.29, 1.82) is 0 Å². The lowest BCUT2D eigenvalue weighted by Gasteiger charge is -2.28. The zero-order valence-electron chi connectivity index (χ0n) is 28.8. The van der Waals surface area contributed by atoms with E-state index in [1.807, 2.05) is 148 Å². The highest BCUT2D eigenvalue weighted by atomic mass is 16.5. The van der Waals surface area contributed by atoms with Gasteiger partial charge in [0.25, 0.3) is 0 Å². The summed E-state index contributed by atoms with van der Waals surface area (Å²) < 4.78 is 13.0. The number of benzene rings is 6. The molecule has 1 unspecified atom stereocenters. The van der Waals surface area contributed by atoms with Crippen molar-refractivity contribution in [3.8, 4) is 17.2 Å². The van der Waals surface area contributed by atoms with E-state index in [0.29, 0.717) is 39.7 Å². The molecule has 0 spiro atoms. The molecule has 49 heavy (non-hydrogen) atoms. The molecule has 6 rings (SSSR count). The standard InChI is InChI=1S/C45H42O4/c1-6-10-31(3)35-11-9-12-36(29-35)44(47)34-21-25-38(26-22-34)48-41-27-28-42(40-14-8-7-13-39(40)41)49-45(4,5)37-23-19-33(20-24-37)43(46)32-17-15-30(2)16-18-32/h7-9,11-29,31H,6,10H2,1-5H3. The minimum atomic E-state index is -0.674. The van der Waals surface area contributed by atoms with Gasteiger partial charge in [0.2, 0.25) is 0 Å². The number of carbonyl (C=O) groups excluding carboxylic acids is 2. The Hall–Kier alpha value is -5.48. The number of hydrogen-bond donors (Lipinski definition) is 0. The van der Waals surface area contributed by atoms with E-state index in [9.17, 15) is 9.59 Å². The Labute approximate surface area is 289 Å². The van der Waals surface area contributed by atoms with E-state index in [-0.39, 0.29) is 11.6 Å². The fourth-order valence-corrected chi connectivity index (χ4v) is 6.20. The highest BCUT2D eigenvalue weighted by Crippen LogP contribution is 2.39. The third-order valence-electron chi connectivity index (χ3n) is 9.15. The Kier molecular flexibility index (Phi) is 9.77. The summed E-state index contributed by atoms with van der Waals surface area (Å²) in [4.78, 5) is 26.3. The first kappa shape index (κ1) is 33.4. The summed E-state index contributed by atoms with van der Waals surface area (Å²) in [6.45, 7) is 10.4. The molecule has 0 bridgehead atoms. The Morgan fingerprint density at radius 3 is 1.82 bits per heavy atom. The molecule has 0 amide bonds. The van der Waals surface area contributed by atoms with Gasteiger partial charge in [0.1, 0.15) is 22.8 Å². The number of carbonyl (C=O) groups is 2. The molecule has 246 valence electrons. The SMILES string of the molecule is CCCC(C)c1cccc(C(=O)c2ccc(Oc3ccc(OC(C)(C)c4ccc(C(=O)c5ccc(C)cc5)cc4)c4ccccc34)cc2)c1. The van der Waals surface area contributed by atoms with E-state index < -0.39 is 5.60 Å². The highest BCUT2D eigenvalue weighted by molar-refractivity contribution is 6.09. The van der Waals surface area contributed by atoms with Crippen LogP contribution in [0.5, 0.6) is 17.2 Å². The zero-order valence-corrected chi connectivity index (χ0v) is 28.8. The molecule has 0 saturated carbocycles. The van der Waals surface area contributed by atoms with Crippen LogP contribution in [0.4, 0.5) is 0 Å². The van der Waals surface area contributed by atoms with E-state index in [1.54, 1.807) is 0 Å². The second-order valence-electron chi connectivity index (χ2n) is 13.3. The zero-order chi connectivity index (χ0) is 34.5. The Morgan fingerprint density at radius 1 is 0.633 bits per heavy atom. The van der Waals surface area contributed by atoms with Crippen LogP contribution < -0.4 is 9.47 Å². The second kappa shape index (κ2) is 14.3. The van der Waals surface area contributed by atoms with Crippen LogP contribution in [0.1, 0.15) is 95.0 Å². The summed E-state index contributed by atoms with van der Waals surface area (Å²) in [6, 6.07) is 42.4. The third-order valence-corrected chi connectivity index (χ3v) is 9.15. The molecule has 0 aliphatic carbocycles. The lowest BCUT2D eigenvalue weighted by molar-refractivity contribution is 0.103. The maximum Gasteiger partial charge on any atom is 0.193 e. The van der Waals surface area contributed by atoms with Crippen LogP contribution in [0.2, 0.25) is 0 Å². The van der Waals surface area contributed by atoms with Gasteiger partial charge in [0.05, 0.1) is 0 Å². The smallest absolute Gasteiger partial charge is 0.193 e. The summed E-state index contributed by atoms with van der Waals surface area (Å²) in [5.41, 5.74) is 5.22. The molecular formula is C45H42O4. The van der Waals surface area contributed by atoms with Crippen LogP contribution in [0.25, 0.3) is 10.8 Å². The average molecular weight is 647 g/mol. The number of ether oxygens (including phenoxy) is 2. The van der Waals surface area contributed by atoms with Crippen molar-refractivity contribution < 1.29 is 19.1 Å². The average Bonchev–Trinajstić information content (AvgIpc) is 3.13. The van der Waals surface area contributed by atoms with Crippen LogP contribution >= 0.6 is 0 Å². The molecule has 6 aromatic rings. The van der Waals surface area contributed by atoms with E-state index in [1.165, 1.54) is 5.56 Å². The molecule has 4 nitrogen and oxygen atoms in total. The fourth-order valence-electron chi connectivity index (χ4n) is 6.20. The van der Waals surface area contributed by atoms with Gasteiger partial charge in [-0.3, -0.25) is 9.59 Å². The lowest BCUT2D eigenvalue weighted by Crippen LogP contribution is -2.25. The molecule has 0 aliphatic rings.